The van der Waals surface area contributed by atoms with Crippen LogP contribution < -0.4 is 4.74 Å². The number of hydrogen-bond donors (Lipinski definition) is 0. The summed E-state index contributed by atoms with van der Waals surface area (Å²) in [4.78, 5) is 12.8. The first-order valence-corrected chi connectivity index (χ1v) is 7.88. The van der Waals surface area contributed by atoms with E-state index in [0.29, 0.717) is 5.92 Å². The van der Waals surface area contributed by atoms with Crippen LogP contribution in [0.15, 0.2) is 12.1 Å². The minimum Gasteiger partial charge on any atom is -0.426 e. The molecule has 0 bridgehead atoms. The molecular weight excluding hydrogens is 260 g/mol. The SMILES string of the molecule is Cc1cc(C)c(OC(=O)C(C)(CC(C)C)C(C)C)c(C)c1. The number of ether oxygens (including phenoxy) is 1. The lowest BCUT2D eigenvalue weighted by atomic mass is 9.73. The third-order valence-corrected chi connectivity index (χ3v) is 4.37. The van der Waals surface area contributed by atoms with Crippen LogP contribution in [0.3, 0.4) is 0 Å². The first-order valence-electron chi connectivity index (χ1n) is 7.88. The topological polar surface area (TPSA) is 26.3 Å². The number of aryl methyl sites for hydroxylation is 3. The van der Waals surface area contributed by atoms with Crippen molar-refractivity contribution in [1.82, 2.24) is 0 Å². The van der Waals surface area contributed by atoms with Crippen molar-refractivity contribution in [3.05, 3.63) is 28.8 Å². The summed E-state index contributed by atoms with van der Waals surface area (Å²) in [5, 5.41) is 0. The van der Waals surface area contributed by atoms with E-state index >= 15 is 0 Å². The van der Waals surface area contributed by atoms with E-state index in [2.05, 4.69) is 46.8 Å². The summed E-state index contributed by atoms with van der Waals surface area (Å²) < 4.78 is 5.82. The molecule has 2 heteroatoms. The second-order valence-corrected chi connectivity index (χ2v) is 7.29. The van der Waals surface area contributed by atoms with Gasteiger partial charge in [-0.15, -0.1) is 0 Å². The van der Waals surface area contributed by atoms with Crippen molar-refractivity contribution in [2.24, 2.45) is 17.3 Å². The van der Waals surface area contributed by atoms with E-state index in [1.165, 1.54) is 5.56 Å². The fourth-order valence-electron chi connectivity index (χ4n) is 2.94. The van der Waals surface area contributed by atoms with Crippen LogP contribution in [0.4, 0.5) is 0 Å². The molecule has 0 heterocycles. The molecule has 0 saturated carbocycles. The summed E-state index contributed by atoms with van der Waals surface area (Å²) in [6.45, 7) is 16.6. The summed E-state index contributed by atoms with van der Waals surface area (Å²) in [6.07, 6.45) is 0.841. The average Bonchev–Trinajstić information content (AvgIpc) is 2.31. The van der Waals surface area contributed by atoms with E-state index < -0.39 is 5.41 Å². The summed E-state index contributed by atoms with van der Waals surface area (Å²) in [5.41, 5.74) is 2.80. The van der Waals surface area contributed by atoms with E-state index in [-0.39, 0.29) is 11.9 Å². The van der Waals surface area contributed by atoms with Crippen LogP contribution >= 0.6 is 0 Å². The Hall–Kier alpha value is -1.31. The summed E-state index contributed by atoms with van der Waals surface area (Å²) in [6, 6.07) is 4.12. The van der Waals surface area contributed by atoms with E-state index in [1.54, 1.807) is 0 Å². The van der Waals surface area contributed by atoms with Gasteiger partial charge in [0.1, 0.15) is 5.75 Å². The van der Waals surface area contributed by atoms with E-state index in [1.807, 2.05) is 20.8 Å². The standard InChI is InChI=1S/C19H30O2/c1-12(2)11-19(8,13(3)4)18(20)21-17-15(6)9-14(5)10-16(17)7/h9-10,12-13H,11H2,1-8H3. The molecule has 0 aromatic heterocycles. The quantitative estimate of drug-likeness (QED) is 0.548. The molecule has 0 aliphatic rings. The number of rotatable bonds is 5. The van der Waals surface area contributed by atoms with Gasteiger partial charge >= 0.3 is 5.97 Å². The van der Waals surface area contributed by atoms with Gasteiger partial charge in [-0.3, -0.25) is 4.79 Å². The van der Waals surface area contributed by atoms with Crippen LogP contribution in [0.25, 0.3) is 0 Å². The third-order valence-electron chi connectivity index (χ3n) is 4.37. The smallest absolute Gasteiger partial charge is 0.317 e. The lowest BCUT2D eigenvalue weighted by Crippen LogP contribution is -2.38. The maximum Gasteiger partial charge on any atom is 0.317 e. The summed E-state index contributed by atoms with van der Waals surface area (Å²) in [7, 11) is 0. The van der Waals surface area contributed by atoms with Gasteiger partial charge in [0, 0.05) is 0 Å². The highest BCUT2D eigenvalue weighted by molar-refractivity contribution is 5.79. The molecule has 21 heavy (non-hydrogen) atoms. The van der Waals surface area contributed by atoms with Gasteiger partial charge in [-0.05, 0) is 57.1 Å². The first-order chi connectivity index (χ1) is 9.57. The van der Waals surface area contributed by atoms with Gasteiger partial charge in [-0.2, -0.15) is 0 Å². The Morgan fingerprint density at radius 2 is 1.57 bits per heavy atom. The Bertz CT molecular complexity index is 491. The molecule has 1 rings (SSSR count). The Kier molecular flexibility index (Phi) is 5.61. The lowest BCUT2D eigenvalue weighted by Gasteiger charge is -2.33. The maximum atomic E-state index is 12.8. The van der Waals surface area contributed by atoms with Crippen LogP contribution in [0.2, 0.25) is 0 Å². The fraction of sp³-hybridized carbons (Fsp3) is 0.632. The van der Waals surface area contributed by atoms with E-state index in [9.17, 15) is 4.79 Å². The van der Waals surface area contributed by atoms with E-state index in [4.69, 9.17) is 4.74 Å². The zero-order valence-electron chi connectivity index (χ0n) is 14.8. The molecule has 1 atom stereocenters. The zero-order chi connectivity index (χ0) is 16.4. The van der Waals surface area contributed by atoms with Gasteiger partial charge < -0.3 is 4.74 Å². The van der Waals surface area contributed by atoms with Crippen LogP contribution in [0, 0.1) is 38.0 Å². The molecular formula is C19H30O2. The molecule has 2 nitrogen and oxygen atoms in total. The van der Waals surface area contributed by atoms with Crippen molar-refractivity contribution >= 4 is 5.97 Å². The highest BCUT2D eigenvalue weighted by Crippen LogP contribution is 2.37. The second-order valence-electron chi connectivity index (χ2n) is 7.29. The minimum atomic E-state index is -0.446. The Morgan fingerprint density at radius 3 is 1.95 bits per heavy atom. The predicted octanol–water partition coefficient (Wildman–Crippen LogP) is 5.23. The Balaban J connectivity index is 3.09. The zero-order valence-corrected chi connectivity index (χ0v) is 14.8. The van der Waals surface area contributed by atoms with Gasteiger partial charge in [0.15, 0.2) is 0 Å². The molecule has 118 valence electrons. The molecule has 0 aliphatic carbocycles. The number of carbonyl (C=O) groups excluding carboxylic acids is 1. The van der Waals surface area contributed by atoms with Gasteiger partial charge in [0.2, 0.25) is 0 Å². The molecule has 0 fully saturated rings. The first kappa shape index (κ1) is 17.7. The van der Waals surface area contributed by atoms with Crippen LogP contribution in [0.5, 0.6) is 5.75 Å². The third kappa shape index (κ3) is 4.09. The van der Waals surface area contributed by atoms with Gasteiger partial charge in [0.05, 0.1) is 5.41 Å². The Morgan fingerprint density at radius 1 is 1.10 bits per heavy atom. The number of esters is 1. The van der Waals surface area contributed by atoms with Crippen LogP contribution in [0.1, 0.15) is 57.7 Å². The molecule has 0 radical (unpaired) electrons. The van der Waals surface area contributed by atoms with Crippen molar-refractivity contribution in [2.45, 2.75) is 61.8 Å². The van der Waals surface area contributed by atoms with Crippen LogP contribution in [-0.2, 0) is 4.79 Å². The predicted molar refractivity (Wildman–Crippen MR) is 88.7 cm³/mol. The van der Waals surface area contributed by atoms with Crippen molar-refractivity contribution < 1.29 is 9.53 Å². The van der Waals surface area contributed by atoms with Crippen molar-refractivity contribution in [2.75, 3.05) is 0 Å². The molecule has 0 N–H and O–H groups in total. The normalized spacial score (nSPS) is 14.4. The van der Waals surface area contributed by atoms with Crippen molar-refractivity contribution in [3.63, 3.8) is 0 Å². The number of hydrogen-bond acceptors (Lipinski definition) is 2. The molecule has 1 aromatic rings. The largest absolute Gasteiger partial charge is 0.426 e. The molecule has 0 aliphatic heterocycles. The van der Waals surface area contributed by atoms with Gasteiger partial charge in [-0.1, -0.05) is 45.4 Å². The number of carbonyl (C=O) groups is 1. The summed E-state index contributed by atoms with van der Waals surface area (Å²) >= 11 is 0. The Labute approximate surface area is 129 Å². The van der Waals surface area contributed by atoms with Crippen molar-refractivity contribution in [1.29, 1.82) is 0 Å². The monoisotopic (exact) mass is 290 g/mol. The maximum absolute atomic E-state index is 12.8. The van der Waals surface area contributed by atoms with Gasteiger partial charge in [-0.25, -0.2) is 0 Å². The summed E-state index contributed by atoms with van der Waals surface area (Å²) in [5.74, 6) is 1.33. The fourth-order valence-corrected chi connectivity index (χ4v) is 2.94. The van der Waals surface area contributed by atoms with Gasteiger partial charge in [0.25, 0.3) is 0 Å². The van der Waals surface area contributed by atoms with E-state index in [0.717, 1.165) is 23.3 Å². The van der Waals surface area contributed by atoms with Crippen molar-refractivity contribution in [3.8, 4) is 5.75 Å². The van der Waals surface area contributed by atoms with Crippen LogP contribution in [-0.4, -0.2) is 5.97 Å². The molecule has 1 unspecified atom stereocenters. The molecule has 0 amide bonds. The number of benzene rings is 1. The second kappa shape index (κ2) is 6.64. The minimum absolute atomic E-state index is 0.110. The molecule has 0 saturated heterocycles. The highest BCUT2D eigenvalue weighted by Gasteiger charge is 2.39. The lowest BCUT2D eigenvalue weighted by molar-refractivity contribution is -0.148. The molecule has 1 aromatic carbocycles. The average molecular weight is 290 g/mol. The highest BCUT2D eigenvalue weighted by atomic mass is 16.5. The molecule has 0 spiro atoms.